The van der Waals surface area contributed by atoms with Gasteiger partial charge in [-0.25, -0.2) is 0 Å². The molecule has 0 atom stereocenters. The van der Waals surface area contributed by atoms with Crippen LogP contribution in [0.5, 0.6) is 5.75 Å². The van der Waals surface area contributed by atoms with E-state index in [1.807, 2.05) is 0 Å². The number of anilines is 1. The Morgan fingerprint density at radius 1 is 1.05 bits per heavy atom. The first-order valence-corrected chi connectivity index (χ1v) is 11.2. The van der Waals surface area contributed by atoms with E-state index in [0.717, 1.165) is 5.75 Å². The Labute approximate surface area is 131 Å². The van der Waals surface area contributed by atoms with E-state index in [0.29, 0.717) is 6.04 Å². The minimum absolute atomic E-state index is 0.227. The Morgan fingerprint density at radius 3 is 2.29 bits per heavy atom. The van der Waals surface area contributed by atoms with Gasteiger partial charge >= 0.3 is 0 Å². The Balaban J connectivity index is 2.13. The molecule has 1 aromatic rings. The molecule has 0 amide bonds. The van der Waals surface area contributed by atoms with Gasteiger partial charge in [0.2, 0.25) is 0 Å². The molecule has 0 bridgehead atoms. The van der Waals surface area contributed by atoms with Crippen molar-refractivity contribution in [2.24, 2.45) is 0 Å². The van der Waals surface area contributed by atoms with Gasteiger partial charge in [0.15, 0.2) is 0 Å². The van der Waals surface area contributed by atoms with Crippen molar-refractivity contribution in [1.82, 2.24) is 0 Å². The SMILES string of the molecule is CC(C)(C)[Si](C)(C)Oc1ccccc1NC1CCCCC1. The van der Waals surface area contributed by atoms with Gasteiger partial charge in [-0.2, -0.15) is 0 Å². The Bertz CT molecular complexity index is 459. The normalized spacial score (nSPS) is 17.6. The third-order valence-electron chi connectivity index (χ3n) is 5.02. The van der Waals surface area contributed by atoms with Gasteiger partial charge in [-0.05, 0) is 43.1 Å². The molecule has 0 aromatic heterocycles. The molecule has 1 aromatic carbocycles. The smallest absolute Gasteiger partial charge is 0.250 e. The van der Waals surface area contributed by atoms with E-state index in [-0.39, 0.29) is 5.04 Å². The van der Waals surface area contributed by atoms with Gasteiger partial charge in [0, 0.05) is 6.04 Å². The van der Waals surface area contributed by atoms with Gasteiger partial charge in [0.05, 0.1) is 5.69 Å². The van der Waals surface area contributed by atoms with Gasteiger partial charge < -0.3 is 9.74 Å². The largest absolute Gasteiger partial charge is 0.542 e. The lowest BCUT2D eigenvalue weighted by molar-refractivity contribution is 0.458. The van der Waals surface area contributed by atoms with Crippen LogP contribution in [0.2, 0.25) is 18.1 Å². The summed E-state index contributed by atoms with van der Waals surface area (Å²) in [6.07, 6.45) is 6.66. The third kappa shape index (κ3) is 4.25. The summed E-state index contributed by atoms with van der Waals surface area (Å²) in [6.45, 7) is 11.5. The first-order valence-electron chi connectivity index (χ1n) is 8.34. The van der Waals surface area contributed by atoms with Crippen LogP contribution in [0.25, 0.3) is 0 Å². The minimum atomic E-state index is -1.78. The number of nitrogens with one attached hydrogen (secondary N) is 1. The summed E-state index contributed by atoms with van der Waals surface area (Å²) in [6, 6.07) is 9.07. The van der Waals surface area contributed by atoms with Crippen LogP contribution in [-0.2, 0) is 0 Å². The summed E-state index contributed by atoms with van der Waals surface area (Å²) in [7, 11) is -1.78. The number of para-hydroxylation sites is 2. The molecule has 1 aliphatic rings. The summed E-state index contributed by atoms with van der Waals surface area (Å²) in [4.78, 5) is 0. The molecule has 0 heterocycles. The monoisotopic (exact) mass is 305 g/mol. The maximum atomic E-state index is 6.52. The first kappa shape index (κ1) is 16.4. The van der Waals surface area contributed by atoms with E-state index in [9.17, 15) is 0 Å². The molecule has 0 aliphatic heterocycles. The zero-order chi connectivity index (χ0) is 15.5. The lowest BCUT2D eigenvalue weighted by Crippen LogP contribution is -2.44. The second-order valence-corrected chi connectivity index (χ2v) is 12.6. The summed E-state index contributed by atoms with van der Waals surface area (Å²) in [5, 5.41) is 3.95. The van der Waals surface area contributed by atoms with E-state index in [4.69, 9.17) is 4.43 Å². The van der Waals surface area contributed by atoms with Crippen molar-refractivity contribution in [3.05, 3.63) is 24.3 Å². The molecule has 2 nitrogen and oxygen atoms in total. The number of benzene rings is 1. The standard InChI is InChI=1S/C18H31NOSi/c1-18(2,3)21(4,5)20-17-14-10-9-13-16(17)19-15-11-7-6-8-12-15/h9-10,13-15,19H,6-8,11-12H2,1-5H3. The molecular weight excluding hydrogens is 274 g/mol. The molecule has 0 unspecified atom stereocenters. The molecular formula is C18H31NOSi. The molecule has 1 N–H and O–H groups in total. The maximum absolute atomic E-state index is 6.52. The summed E-state index contributed by atoms with van der Waals surface area (Å²) in [5.74, 6) is 1.04. The Morgan fingerprint density at radius 2 is 1.67 bits per heavy atom. The molecule has 1 saturated carbocycles. The number of hydrogen-bond donors (Lipinski definition) is 1. The maximum Gasteiger partial charge on any atom is 0.250 e. The second kappa shape index (κ2) is 6.43. The van der Waals surface area contributed by atoms with Crippen molar-refractivity contribution in [2.75, 3.05) is 5.32 Å². The van der Waals surface area contributed by atoms with Crippen LogP contribution in [0.1, 0.15) is 52.9 Å². The fraction of sp³-hybridized carbons (Fsp3) is 0.667. The van der Waals surface area contributed by atoms with Crippen LogP contribution in [-0.4, -0.2) is 14.4 Å². The van der Waals surface area contributed by atoms with Crippen molar-refractivity contribution in [3.8, 4) is 5.75 Å². The fourth-order valence-corrected chi connectivity index (χ4v) is 3.60. The molecule has 118 valence electrons. The molecule has 0 radical (unpaired) electrons. The van der Waals surface area contributed by atoms with Crippen LogP contribution >= 0.6 is 0 Å². The predicted octanol–water partition coefficient (Wildman–Crippen LogP) is 5.82. The summed E-state index contributed by atoms with van der Waals surface area (Å²) < 4.78 is 6.52. The molecule has 3 heteroatoms. The lowest BCUT2D eigenvalue weighted by atomic mass is 9.95. The summed E-state index contributed by atoms with van der Waals surface area (Å²) >= 11 is 0. The van der Waals surface area contributed by atoms with E-state index >= 15 is 0 Å². The Hall–Kier alpha value is -0.963. The molecule has 0 spiro atoms. The molecule has 0 saturated heterocycles. The number of rotatable bonds is 4. The zero-order valence-corrected chi connectivity index (χ0v) is 15.3. The van der Waals surface area contributed by atoms with Crippen molar-refractivity contribution < 1.29 is 4.43 Å². The van der Waals surface area contributed by atoms with Gasteiger partial charge in [0.25, 0.3) is 8.32 Å². The minimum Gasteiger partial charge on any atom is -0.542 e. The lowest BCUT2D eigenvalue weighted by Gasteiger charge is -2.37. The van der Waals surface area contributed by atoms with Crippen molar-refractivity contribution in [1.29, 1.82) is 0 Å². The highest BCUT2D eigenvalue weighted by Crippen LogP contribution is 2.39. The molecule has 21 heavy (non-hydrogen) atoms. The molecule has 2 rings (SSSR count). The van der Waals surface area contributed by atoms with Gasteiger partial charge in [-0.3, -0.25) is 0 Å². The van der Waals surface area contributed by atoms with E-state index in [1.54, 1.807) is 0 Å². The van der Waals surface area contributed by atoms with Gasteiger partial charge in [-0.15, -0.1) is 0 Å². The van der Waals surface area contributed by atoms with Crippen LogP contribution in [0.3, 0.4) is 0 Å². The van der Waals surface area contributed by atoms with Gasteiger partial charge in [0.1, 0.15) is 5.75 Å². The average Bonchev–Trinajstić information content (AvgIpc) is 2.40. The van der Waals surface area contributed by atoms with Crippen molar-refractivity contribution in [2.45, 2.75) is 77.0 Å². The average molecular weight is 306 g/mol. The highest BCUT2D eigenvalue weighted by Gasteiger charge is 2.39. The summed E-state index contributed by atoms with van der Waals surface area (Å²) in [5.41, 5.74) is 1.18. The van der Waals surface area contributed by atoms with Crippen LogP contribution in [0, 0.1) is 0 Å². The number of hydrogen-bond acceptors (Lipinski definition) is 2. The van der Waals surface area contributed by atoms with Crippen LogP contribution in [0.4, 0.5) is 5.69 Å². The quantitative estimate of drug-likeness (QED) is 0.708. The topological polar surface area (TPSA) is 21.3 Å². The highest BCUT2D eigenvalue weighted by molar-refractivity contribution is 6.74. The van der Waals surface area contributed by atoms with Crippen molar-refractivity contribution in [3.63, 3.8) is 0 Å². The fourth-order valence-electron chi connectivity index (χ4n) is 2.57. The van der Waals surface area contributed by atoms with E-state index in [2.05, 4.69) is 63.4 Å². The first-order chi connectivity index (χ1) is 9.79. The van der Waals surface area contributed by atoms with E-state index < -0.39 is 8.32 Å². The highest BCUT2D eigenvalue weighted by atomic mass is 28.4. The molecule has 1 fully saturated rings. The van der Waals surface area contributed by atoms with Crippen molar-refractivity contribution >= 4 is 14.0 Å². The second-order valence-electron chi connectivity index (χ2n) is 7.84. The third-order valence-corrected chi connectivity index (χ3v) is 9.37. The molecule has 1 aliphatic carbocycles. The van der Waals surface area contributed by atoms with Gasteiger partial charge in [-0.1, -0.05) is 52.2 Å². The Kier molecular flexibility index (Phi) is 5.02. The zero-order valence-electron chi connectivity index (χ0n) is 14.3. The predicted molar refractivity (Wildman–Crippen MR) is 94.8 cm³/mol. The van der Waals surface area contributed by atoms with Crippen LogP contribution < -0.4 is 9.74 Å². The van der Waals surface area contributed by atoms with Crippen LogP contribution in [0.15, 0.2) is 24.3 Å². The van der Waals surface area contributed by atoms with E-state index in [1.165, 1.54) is 37.8 Å².